The molecule has 0 aliphatic rings. The van der Waals surface area contributed by atoms with Crippen LogP contribution in [0.3, 0.4) is 0 Å². The normalized spacial score (nSPS) is 9.90. The molecule has 0 radical (unpaired) electrons. The van der Waals surface area contributed by atoms with Gasteiger partial charge in [-0.25, -0.2) is 9.37 Å². The van der Waals surface area contributed by atoms with E-state index in [1.54, 1.807) is 6.07 Å². The maximum absolute atomic E-state index is 13.4. The third-order valence-corrected chi connectivity index (χ3v) is 3.12. The van der Waals surface area contributed by atoms with Gasteiger partial charge >= 0.3 is 0 Å². The quantitative estimate of drug-likeness (QED) is 0.861. The van der Waals surface area contributed by atoms with Crippen LogP contribution in [0.1, 0.15) is 15.9 Å². The lowest BCUT2D eigenvalue weighted by Crippen LogP contribution is -2.13. The van der Waals surface area contributed by atoms with Crippen LogP contribution < -0.4 is 5.32 Å². The highest BCUT2D eigenvalue weighted by Crippen LogP contribution is 2.22. The Morgan fingerprint density at radius 1 is 1.40 bits per heavy atom. The Morgan fingerprint density at radius 2 is 2.15 bits per heavy atom. The highest BCUT2D eigenvalue weighted by molar-refractivity contribution is 6.41. The van der Waals surface area contributed by atoms with Crippen molar-refractivity contribution in [3.63, 3.8) is 0 Å². The van der Waals surface area contributed by atoms with Gasteiger partial charge in [0.1, 0.15) is 22.6 Å². The molecular weight excluding hydrogens is 304 g/mol. The lowest BCUT2D eigenvalue weighted by molar-refractivity contribution is 0.102. The van der Waals surface area contributed by atoms with E-state index in [0.29, 0.717) is 0 Å². The van der Waals surface area contributed by atoms with Crippen LogP contribution in [0.15, 0.2) is 30.5 Å². The minimum atomic E-state index is -0.711. The number of nitrogens with one attached hydrogen (secondary N) is 1. The van der Waals surface area contributed by atoms with Crippen LogP contribution in [0.25, 0.3) is 0 Å². The number of pyridine rings is 1. The number of aromatic nitrogens is 1. The van der Waals surface area contributed by atoms with Crippen molar-refractivity contribution in [2.24, 2.45) is 0 Å². The summed E-state index contributed by atoms with van der Waals surface area (Å²) in [5.41, 5.74) is -0.0232. The van der Waals surface area contributed by atoms with E-state index in [4.69, 9.17) is 28.5 Å². The van der Waals surface area contributed by atoms with E-state index in [0.717, 1.165) is 6.07 Å². The van der Waals surface area contributed by atoms with Crippen LogP contribution in [0.4, 0.5) is 10.1 Å². The number of nitriles is 1. The number of amides is 1. The second-order valence-corrected chi connectivity index (χ2v) is 4.49. The maximum Gasteiger partial charge on any atom is 0.257 e. The van der Waals surface area contributed by atoms with Crippen molar-refractivity contribution in [1.29, 1.82) is 5.26 Å². The Morgan fingerprint density at radius 3 is 2.80 bits per heavy atom. The Hall–Kier alpha value is -2.16. The second kappa shape index (κ2) is 5.87. The lowest BCUT2D eigenvalue weighted by Gasteiger charge is -2.07. The fraction of sp³-hybridized carbons (Fsp3) is 0. The number of hydrogen-bond acceptors (Lipinski definition) is 3. The molecule has 0 aliphatic heterocycles. The van der Waals surface area contributed by atoms with E-state index in [1.807, 2.05) is 0 Å². The molecule has 20 heavy (non-hydrogen) atoms. The first-order valence-electron chi connectivity index (χ1n) is 5.34. The van der Waals surface area contributed by atoms with Gasteiger partial charge in [-0.2, -0.15) is 5.26 Å². The lowest BCUT2D eigenvalue weighted by atomic mass is 10.1. The smallest absolute Gasteiger partial charge is 0.257 e. The summed E-state index contributed by atoms with van der Waals surface area (Å²) in [6, 6.07) is 6.96. The van der Waals surface area contributed by atoms with E-state index >= 15 is 0 Å². The van der Waals surface area contributed by atoms with Crippen molar-refractivity contribution in [2.45, 2.75) is 0 Å². The molecule has 2 aromatic rings. The summed E-state index contributed by atoms with van der Waals surface area (Å²) >= 11 is 11.4. The molecule has 0 atom stereocenters. The van der Waals surface area contributed by atoms with Gasteiger partial charge in [-0.05, 0) is 18.2 Å². The van der Waals surface area contributed by atoms with Crippen molar-refractivity contribution < 1.29 is 9.18 Å². The van der Waals surface area contributed by atoms with Crippen molar-refractivity contribution in [3.05, 3.63) is 57.6 Å². The predicted molar refractivity (Wildman–Crippen MR) is 73.3 cm³/mol. The van der Waals surface area contributed by atoms with E-state index in [2.05, 4.69) is 10.3 Å². The number of carbonyl (C=O) groups excluding carboxylic acids is 1. The van der Waals surface area contributed by atoms with Crippen LogP contribution in [-0.4, -0.2) is 10.9 Å². The molecule has 0 spiro atoms. The summed E-state index contributed by atoms with van der Waals surface area (Å²) in [6.45, 7) is 0. The van der Waals surface area contributed by atoms with Gasteiger partial charge in [0.2, 0.25) is 0 Å². The Labute approximate surface area is 123 Å². The first kappa shape index (κ1) is 14.3. The highest BCUT2D eigenvalue weighted by Gasteiger charge is 2.13. The molecule has 4 nitrogen and oxygen atoms in total. The summed E-state index contributed by atoms with van der Waals surface area (Å²) in [6.07, 6.45) is 1.23. The fourth-order valence-electron chi connectivity index (χ4n) is 1.48. The fourth-order valence-corrected chi connectivity index (χ4v) is 1.75. The van der Waals surface area contributed by atoms with E-state index in [9.17, 15) is 9.18 Å². The number of benzene rings is 1. The average molecular weight is 310 g/mol. The molecule has 100 valence electrons. The van der Waals surface area contributed by atoms with Gasteiger partial charge in [0, 0.05) is 6.20 Å². The molecule has 7 heteroatoms. The number of rotatable bonds is 2. The molecule has 2 rings (SSSR count). The molecule has 0 saturated heterocycles. The second-order valence-electron chi connectivity index (χ2n) is 3.72. The van der Waals surface area contributed by atoms with Gasteiger partial charge in [-0.1, -0.05) is 29.3 Å². The summed E-state index contributed by atoms with van der Waals surface area (Å²) in [5, 5.41) is 11.5. The molecule has 0 fully saturated rings. The number of hydrogen-bond donors (Lipinski definition) is 1. The van der Waals surface area contributed by atoms with Crippen LogP contribution >= 0.6 is 23.2 Å². The Bertz CT molecular complexity index is 728. The van der Waals surface area contributed by atoms with E-state index in [-0.39, 0.29) is 27.0 Å². The minimum Gasteiger partial charge on any atom is -0.321 e. The third kappa shape index (κ3) is 2.87. The molecule has 0 bridgehead atoms. The SMILES string of the molecule is N#Cc1c(F)cccc1NC(=O)c1cnc(Cl)c(Cl)c1. The topological polar surface area (TPSA) is 65.8 Å². The van der Waals surface area contributed by atoms with E-state index < -0.39 is 11.7 Å². The minimum absolute atomic E-state index is 0.0728. The first-order chi connectivity index (χ1) is 9.52. The van der Waals surface area contributed by atoms with Crippen molar-refractivity contribution >= 4 is 34.8 Å². The van der Waals surface area contributed by atoms with Crippen molar-refractivity contribution in [2.75, 3.05) is 5.32 Å². The maximum atomic E-state index is 13.4. The number of halogens is 3. The third-order valence-electron chi connectivity index (χ3n) is 2.43. The monoisotopic (exact) mass is 309 g/mol. The zero-order valence-electron chi connectivity index (χ0n) is 9.82. The Balaban J connectivity index is 2.31. The van der Waals surface area contributed by atoms with Gasteiger partial charge in [0.05, 0.1) is 16.3 Å². The number of carbonyl (C=O) groups is 1. The highest BCUT2D eigenvalue weighted by atomic mass is 35.5. The molecular formula is C13H6Cl2FN3O. The average Bonchev–Trinajstić information content (AvgIpc) is 2.42. The number of anilines is 1. The molecule has 1 heterocycles. The Kier molecular flexibility index (Phi) is 4.18. The zero-order chi connectivity index (χ0) is 14.7. The standard InChI is InChI=1S/C13H6Cl2FN3O/c14-9-4-7(6-18-12(9)15)13(20)19-11-3-1-2-10(16)8(11)5-17/h1-4,6H,(H,19,20). The summed E-state index contributed by atoms with van der Waals surface area (Å²) in [5.74, 6) is -1.28. The van der Waals surface area contributed by atoms with Gasteiger partial charge in [-0.3, -0.25) is 4.79 Å². The zero-order valence-corrected chi connectivity index (χ0v) is 11.3. The molecule has 0 aliphatic carbocycles. The molecule has 1 N–H and O–H groups in total. The van der Waals surface area contributed by atoms with Crippen molar-refractivity contribution in [3.8, 4) is 6.07 Å². The first-order valence-corrected chi connectivity index (χ1v) is 6.09. The summed E-state index contributed by atoms with van der Waals surface area (Å²) in [7, 11) is 0. The van der Waals surface area contributed by atoms with Gasteiger partial charge in [0.15, 0.2) is 0 Å². The van der Waals surface area contributed by atoms with Crippen LogP contribution in [-0.2, 0) is 0 Å². The molecule has 1 aromatic carbocycles. The van der Waals surface area contributed by atoms with Crippen LogP contribution in [0.5, 0.6) is 0 Å². The number of nitrogens with zero attached hydrogens (tertiary/aromatic N) is 2. The van der Waals surface area contributed by atoms with Gasteiger partial charge < -0.3 is 5.32 Å². The van der Waals surface area contributed by atoms with Crippen LogP contribution in [0, 0.1) is 17.1 Å². The summed E-state index contributed by atoms with van der Waals surface area (Å²) < 4.78 is 13.4. The van der Waals surface area contributed by atoms with Crippen molar-refractivity contribution in [1.82, 2.24) is 4.98 Å². The predicted octanol–water partition coefficient (Wildman–Crippen LogP) is 3.65. The molecule has 1 amide bonds. The summed E-state index contributed by atoms with van der Waals surface area (Å²) in [4.78, 5) is 15.7. The molecule has 1 aromatic heterocycles. The van der Waals surface area contributed by atoms with Crippen LogP contribution in [0.2, 0.25) is 10.2 Å². The van der Waals surface area contributed by atoms with E-state index in [1.165, 1.54) is 24.4 Å². The molecule has 0 saturated carbocycles. The van der Waals surface area contributed by atoms with Gasteiger partial charge in [-0.15, -0.1) is 0 Å². The van der Waals surface area contributed by atoms with Gasteiger partial charge in [0.25, 0.3) is 5.91 Å². The molecule has 0 unspecified atom stereocenters. The largest absolute Gasteiger partial charge is 0.321 e.